The summed E-state index contributed by atoms with van der Waals surface area (Å²) in [5, 5.41) is 7.04. The Labute approximate surface area is 131 Å². The Kier molecular flexibility index (Phi) is 8.46. The number of ether oxygens (including phenoxy) is 1. The summed E-state index contributed by atoms with van der Waals surface area (Å²) in [6, 6.07) is 6.21. The van der Waals surface area contributed by atoms with Gasteiger partial charge in [-0.1, -0.05) is 17.7 Å². The maximum absolute atomic E-state index is 5.73. The topological polar surface area (TPSA) is 33.3 Å². The molecule has 0 aliphatic carbocycles. The van der Waals surface area contributed by atoms with Crippen molar-refractivity contribution in [3.63, 3.8) is 0 Å². The van der Waals surface area contributed by atoms with Crippen LogP contribution in [0, 0.1) is 13.8 Å². The summed E-state index contributed by atoms with van der Waals surface area (Å²) in [6.07, 6.45) is 3.24. The maximum atomic E-state index is 5.73. The van der Waals surface area contributed by atoms with Gasteiger partial charge in [0.25, 0.3) is 0 Å². The molecule has 0 aliphatic heterocycles. The van der Waals surface area contributed by atoms with E-state index in [0.29, 0.717) is 18.3 Å². The summed E-state index contributed by atoms with van der Waals surface area (Å²) in [5.41, 5.74) is 2.42. The zero-order chi connectivity index (χ0) is 14.8. The summed E-state index contributed by atoms with van der Waals surface area (Å²) < 4.78 is 5.73. The zero-order valence-corrected chi connectivity index (χ0v) is 14.1. The third-order valence-corrected chi connectivity index (χ3v) is 3.77. The molecule has 112 valence electrons. The lowest BCUT2D eigenvalue weighted by atomic mass is 10.1. The molecule has 0 spiro atoms. The van der Waals surface area contributed by atoms with Gasteiger partial charge in [-0.3, -0.25) is 0 Å². The Bertz CT molecular complexity index is 424. The second-order valence-electron chi connectivity index (χ2n) is 4.65. The molecule has 5 heteroatoms. The van der Waals surface area contributed by atoms with E-state index in [-0.39, 0.29) is 0 Å². The van der Waals surface area contributed by atoms with Gasteiger partial charge in [-0.2, -0.15) is 11.8 Å². The standard InChI is InChI=1S/C15H24N2OS2/c1-12-5-6-14(13(2)11-12)18-9-8-17-15(19)16-7-4-10-20-3/h5-6,11H,4,7-10H2,1-3H3,(H2,16,17,19). The number of rotatable bonds is 8. The lowest BCUT2D eigenvalue weighted by Gasteiger charge is -2.12. The summed E-state index contributed by atoms with van der Waals surface area (Å²) >= 11 is 7.04. The molecular weight excluding hydrogens is 288 g/mol. The van der Waals surface area contributed by atoms with E-state index in [1.54, 1.807) is 0 Å². The second-order valence-corrected chi connectivity index (χ2v) is 6.04. The first kappa shape index (κ1) is 17.1. The number of thiocarbonyl (C=S) groups is 1. The van der Waals surface area contributed by atoms with Crippen molar-refractivity contribution < 1.29 is 4.74 Å². The van der Waals surface area contributed by atoms with E-state index in [0.717, 1.165) is 24.5 Å². The van der Waals surface area contributed by atoms with Crippen molar-refractivity contribution in [3.8, 4) is 5.75 Å². The van der Waals surface area contributed by atoms with E-state index in [1.807, 2.05) is 17.8 Å². The molecule has 1 rings (SSSR count). The quantitative estimate of drug-likeness (QED) is 0.570. The van der Waals surface area contributed by atoms with Crippen molar-refractivity contribution in [2.45, 2.75) is 20.3 Å². The van der Waals surface area contributed by atoms with Crippen LogP contribution in [0.3, 0.4) is 0 Å². The number of aryl methyl sites for hydroxylation is 2. The summed E-state index contributed by atoms with van der Waals surface area (Å²) in [7, 11) is 0. The van der Waals surface area contributed by atoms with Crippen molar-refractivity contribution in [1.29, 1.82) is 0 Å². The van der Waals surface area contributed by atoms with Gasteiger partial charge in [0.15, 0.2) is 5.11 Å². The van der Waals surface area contributed by atoms with Crippen molar-refractivity contribution in [1.82, 2.24) is 10.6 Å². The van der Waals surface area contributed by atoms with Crippen LogP contribution in [0.1, 0.15) is 17.5 Å². The average molecular weight is 313 g/mol. The molecule has 1 aromatic carbocycles. The lowest BCUT2D eigenvalue weighted by Crippen LogP contribution is -2.38. The second kappa shape index (κ2) is 9.88. The molecule has 0 fully saturated rings. The Morgan fingerprint density at radius 1 is 1.25 bits per heavy atom. The minimum Gasteiger partial charge on any atom is -0.491 e. The third-order valence-electron chi connectivity index (χ3n) is 2.79. The van der Waals surface area contributed by atoms with Crippen LogP contribution in [0.5, 0.6) is 5.75 Å². The van der Waals surface area contributed by atoms with Crippen LogP contribution in [0.25, 0.3) is 0 Å². The smallest absolute Gasteiger partial charge is 0.166 e. The number of thioether (sulfide) groups is 1. The molecule has 0 radical (unpaired) electrons. The van der Waals surface area contributed by atoms with Crippen molar-refractivity contribution in [2.75, 3.05) is 31.7 Å². The fourth-order valence-corrected chi connectivity index (χ4v) is 2.40. The van der Waals surface area contributed by atoms with E-state index in [1.165, 1.54) is 11.1 Å². The van der Waals surface area contributed by atoms with Gasteiger partial charge in [-0.15, -0.1) is 0 Å². The van der Waals surface area contributed by atoms with Crippen LogP contribution in [0.4, 0.5) is 0 Å². The molecule has 1 aromatic rings. The molecule has 20 heavy (non-hydrogen) atoms. The highest BCUT2D eigenvalue weighted by molar-refractivity contribution is 7.98. The Morgan fingerprint density at radius 3 is 2.70 bits per heavy atom. The van der Waals surface area contributed by atoms with Crippen LogP contribution < -0.4 is 15.4 Å². The molecule has 0 aromatic heterocycles. The minimum absolute atomic E-state index is 0.608. The highest BCUT2D eigenvalue weighted by Crippen LogP contribution is 2.18. The van der Waals surface area contributed by atoms with Gasteiger partial charge in [0.1, 0.15) is 12.4 Å². The van der Waals surface area contributed by atoms with E-state index in [2.05, 4.69) is 42.9 Å². The molecule has 0 amide bonds. The maximum Gasteiger partial charge on any atom is 0.166 e. The highest BCUT2D eigenvalue weighted by Gasteiger charge is 2.00. The molecule has 0 saturated heterocycles. The fraction of sp³-hybridized carbons (Fsp3) is 0.533. The third kappa shape index (κ3) is 7.01. The van der Waals surface area contributed by atoms with Crippen LogP contribution >= 0.6 is 24.0 Å². The molecule has 2 N–H and O–H groups in total. The van der Waals surface area contributed by atoms with Gasteiger partial charge in [0.05, 0.1) is 6.54 Å². The summed E-state index contributed by atoms with van der Waals surface area (Å²) in [5.74, 6) is 2.10. The van der Waals surface area contributed by atoms with Crippen LogP contribution in [0.15, 0.2) is 18.2 Å². The normalized spacial score (nSPS) is 10.2. The fourth-order valence-electron chi connectivity index (χ4n) is 1.77. The van der Waals surface area contributed by atoms with Crippen molar-refractivity contribution in [2.24, 2.45) is 0 Å². The highest BCUT2D eigenvalue weighted by atomic mass is 32.2. The van der Waals surface area contributed by atoms with Gasteiger partial charge in [0, 0.05) is 6.54 Å². The predicted molar refractivity (Wildman–Crippen MR) is 93.0 cm³/mol. The van der Waals surface area contributed by atoms with Crippen molar-refractivity contribution in [3.05, 3.63) is 29.3 Å². The molecule has 0 heterocycles. The number of hydrogen-bond acceptors (Lipinski definition) is 3. The monoisotopic (exact) mass is 312 g/mol. The molecule has 0 unspecified atom stereocenters. The number of nitrogens with one attached hydrogen (secondary N) is 2. The van der Waals surface area contributed by atoms with Gasteiger partial charge in [0.2, 0.25) is 0 Å². The number of benzene rings is 1. The molecule has 3 nitrogen and oxygen atoms in total. The molecule has 0 atom stereocenters. The van der Waals surface area contributed by atoms with E-state index < -0.39 is 0 Å². The Hall–Kier alpha value is -0.940. The van der Waals surface area contributed by atoms with Gasteiger partial charge in [-0.05, 0) is 56.1 Å². The van der Waals surface area contributed by atoms with E-state index in [4.69, 9.17) is 17.0 Å². The first-order valence-corrected chi connectivity index (χ1v) is 8.64. The predicted octanol–water partition coefficient (Wildman–Crippen LogP) is 2.90. The van der Waals surface area contributed by atoms with Crippen LogP contribution in [-0.4, -0.2) is 36.8 Å². The first-order valence-electron chi connectivity index (χ1n) is 6.84. The van der Waals surface area contributed by atoms with E-state index in [9.17, 15) is 0 Å². The van der Waals surface area contributed by atoms with Crippen LogP contribution in [-0.2, 0) is 0 Å². The Morgan fingerprint density at radius 2 is 2.00 bits per heavy atom. The van der Waals surface area contributed by atoms with E-state index >= 15 is 0 Å². The summed E-state index contributed by atoms with van der Waals surface area (Å²) in [4.78, 5) is 0. The van der Waals surface area contributed by atoms with Gasteiger partial charge >= 0.3 is 0 Å². The SMILES string of the molecule is CSCCCNC(=S)NCCOc1ccc(C)cc1C. The minimum atomic E-state index is 0.608. The van der Waals surface area contributed by atoms with Gasteiger partial charge in [-0.25, -0.2) is 0 Å². The number of hydrogen-bond donors (Lipinski definition) is 2. The lowest BCUT2D eigenvalue weighted by molar-refractivity contribution is 0.320. The first-order chi connectivity index (χ1) is 9.63. The van der Waals surface area contributed by atoms with Crippen LogP contribution in [0.2, 0.25) is 0 Å². The van der Waals surface area contributed by atoms with Gasteiger partial charge < -0.3 is 15.4 Å². The largest absolute Gasteiger partial charge is 0.491 e. The average Bonchev–Trinajstić information content (AvgIpc) is 2.41. The summed E-state index contributed by atoms with van der Waals surface area (Å²) in [6.45, 7) is 6.38. The molecular formula is C15H24N2OS2. The zero-order valence-electron chi connectivity index (χ0n) is 12.5. The van der Waals surface area contributed by atoms with Crippen molar-refractivity contribution >= 4 is 29.1 Å². The molecule has 0 aliphatic rings. The molecule has 0 bridgehead atoms. The Balaban J connectivity index is 2.13. The molecule has 0 saturated carbocycles.